The maximum absolute atomic E-state index is 6.30. The van der Waals surface area contributed by atoms with Crippen LogP contribution >= 0.6 is 34.7 Å². The van der Waals surface area contributed by atoms with E-state index in [-0.39, 0.29) is 11.3 Å². The van der Waals surface area contributed by atoms with Crippen molar-refractivity contribution in [3.63, 3.8) is 0 Å². The number of aromatic nitrogens is 3. The van der Waals surface area contributed by atoms with Crippen LogP contribution in [0.15, 0.2) is 41.7 Å². The minimum absolute atomic E-state index is 0.0424. The second-order valence-corrected chi connectivity index (χ2v) is 7.52. The Kier molecular flexibility index (Phi) is 4.49. The second kappa shape index (κ2) is 6.36. The number of thiophene rings is 1. The van der Waals surface area contributed by atoms with Crippen LogP contribution in [-0.2, 0) is 0 Å². The van der Waals surface area contributed by atoms with Crippen molar-refractivity contribution in [1.82, 2.24) is 14.6 Å². The first-order valence-electron chi connectivity index (χ1n) is 6.66. The minimum Gasteiger partial charge on any atom is -0.326 e. The van der Waals surface area contributed by atoms with Gasteiger partial charge in [0.2, 0.25) is 0 Å². The average Bonchev–Trinajstić information content (AvgIpc) is 3.10. The number of fused-ring (bicyclic) bond motifs is 1. The van der Waals surface area contributed by atoms with E-state index in [9.17, 15) is 0 Å². The molecule has 0 spiro atoms. The molecule has 0 bridgehead atoms. The molecule has 0 aliphatic heterocycles. The molecule has 3 heterocycles. The van der Waals surface area contributed by atoms with Crippen molar-refractivity contribution in [3.8, 4) is 0 Å². The molecule has 2 unspecified atom stereocenters. The number of hydrogen-bond donors (Lipinski definition) is 1. The van der Waals surface area contributed by atoms with Gasteiger partial charge in [0.25, 0.3) is 0 Å². The molecular weight excluding hydrogens is 324 g/mol. The Hall–Kier alpha value is -1.08. The normalized spacial score (nSPS) is 14.4. The lowest BCUT2D eigenvalue weighted by Crippen LogP contribution is -2.25. The van der Waals surface area contributed by atoms with Crippen molar-refractivity contribution in [2.75, 3.05) is 0 Å². The molecule has 0 fully saturated rings. The van der Waals surface area contributed by atoms with Crippen molar-refractivity contribution in [1.29, 1.82) is 0 Å². The summed E-state index contributed by atoms with van der Waals surface area (Å²) in [5.41, 5.74) is 7.15. The molecule has 0 aliphatic rings. The van der Waals surface area contributed by atoms with Gasteiger partial charge in [0.1, 0.15) is 0 Å². The van der Waals surface area contributed by atoms with Gasteiger partial charge < -0.3 is 5.73 Å². The van der Waals surface area contributed by atoms with Gasteiger partial charge in [-0.05, 0) is 30.7 Å². The Morgan fingerprint density at radius 3 is 2.90 bits per heavy atom. The lowest BCUT2D eigenvalue weighted by atomic mass is 10.1. The van der Waals surface area contributed by atoms with Crippen LogP contribution in [0.3, 0.4) is 0 Å². The van der Waals surface area contributed by atoms with E-state index >= 15 is 0 Å². The van der Waals surface area contributed by atoms with Crippen LogP contribution in [0.4, 0.5) is 0 Å². The van der Waals surface area contributed by atoms with Crippen LogP contribution in [-0.4, -0.2) is 20.6 Å². The van der Waals surface area contributed by atoms with Gasteiger partial charge in [-0.15, -0.1) is 21.5 Å². The zero-order valence-electron chi connectivity index (χ0n) is 11.4. The van der Waals surface area contributed by atoms with Crippen molar-refractivity contribution in [3.05, 3.63) is 45.7 Å². The number of nitrogens with zero attached hydrogens (tertiary/aromatic N) is 3. The fourth-order valence-electron chi connectivity index (χ4n) is 2.07. The highest BCUT2D eigenvalue weighted by atomic mass is 35.5. The maximum Gasteiger partial charge on any atom is 0.196 e. The lowest BCUT2D eigenvalue weighted by Gasteiger charge is -2.20. The molecule has 3 aromatic rings. The number of pyridine rings is 1. The second-order valence-electron chi connectivity index (χ2n) is 4.66. The maximum atomic E-state index is 6.30. The summed E-state index contributed by atoms with van der Waals surface area (Å²) in [6.07, 6.45) is 2.86. The van der Waals surface area contributed by atoms with Crippen molar-refractivity contribution in [2.24, 2.45) is 5.73 Å². The average molecular weight is 339 g/mol. The van der Waals surface area contributed by atoms with Gasteiger partial charge in [0.15, 0.2) is 10.8 Å². The van der Waals surface area contributed by atoms with Crippen LogP contribution in [0.25, 0.3) is 5.65 Å². The van der Waals surface area contributed by atoms with E-state index < -0.39 is 0 Å². The van der Waals surface area contributed by atoms with Crippen LogP contribution in [0.5, 0.6) is 0 Å². The van der Waals surface area contributed by atoms with Gasteiger partial charge in [-0.25, -0.2) is 0 Å². The van der Waals surface area contributed by atoms with Crippen molar-refractivity contribution >= 4 is 40.3 Å². The first kappa shape index (κ1) is 14.8. The molecule has 0 amide bonds. The summed E-state index contributed by atoms with van der Waals surface area (Å²) in [6.45, 7) is 2.09. The molecule has 0 saturated carbocycles. The quantitative estimate of drug-likeness (QED) is 0.714. The molecule has 2 N–H and O–H groups in total. The predicted octanol–water partition coefficient (Wildman–Crippen LogP) is 4.01. The summed E-state index contributed by atoms with van der Waals surface area (Å²) in [6, 6.07) is 9.86. The van der Waals surface area contributed by atoms with E-state index in [1.165, 1.54) is 4.88 Å². The lowest BCUT2D eigenvalue weighted by molar-refractivity contribution is 0.638. The molecule has 21 heavy (non-hydrogen) atoms. The molecular formula is C14H15ClN4S2. The van der Waals surface area contributed by atoms with Crippen molar-refractivity contribution in [2.45, 2.75) is 29.8 Å². The summed E-state index contributed by atoms with van der Waals surface area (Å²) in [5.74, 6) is 0. The third kappa shape index (κ3) is 3.08. The molecule has 3 aromatic heterocycles. The molecule has 2 atom stereocenters. The van der Waals surface area contributed by atoms with E-state index in [4.69, 9.17) is 17.3 Å². The van der Waals surface area contributed by atoms with E-state index in [2.05, 4.69) is 17.1 Å². The summed E-state index contributed by atoms with van der Waals surface area (Å²) in [5, 5.41) is 9.44. The highest BCUT2D eigenvalue weighted by Crippen LogP contribution is 2.41. The number of thioether (sulfide) groups is 1. The topological polar surface area (TPSA) is 56.2 Å². The number of hydrogen-bond acceptors (Lipinski definition) is 5. The highest BCUT2D eigenvalue weighted by Gasteiger charge is 2.24. The fourth-order valence-corrected chi connectivity index (χ4v) is 4.62. The van der Waals surface area contributed by atoms with E-state index in [1.807, 2.05) is 40.9 Å². The number of rotatable bonds is 5. The summed E-state index contributed by atoms with van der Waals surface area (Å²) < 4.78 is 2.76. The largest absolute Gasteiger partial charge is 0.326 e. The molecule has 0 aromatic carbocycles. The van der Waals surface area contributed by atoms with Gasteiger partial charge in [-0.1, -0.05) is 36.4 Å². The molecule has 110 valence electrons. The molecule has 4 nitrogen and oxygen atoms in total. The van der Waals surface area contributed by atoms with E-state index in [0.29, 0.717) is 0 Å². The van der Waals surface area contributed by atoms with Crippen molar-refractivity contribution < 1.29 is 0 Å². The fraction of sp³-hybridized carbons (Fsp3) is 0.286. The Morgan fingerprint density at radius 2 is 2.19 bits per heavy atom. The first-order chi connectivity index (χ1) is 10.2. The Morgan fingerprint density at radius 1 is 1.33 bits per heavy atom. The third-order valence-corrected chi connectivity index (χ3v) is 6.06. The van der Waals surface area contributed by atoms with Gasteiger partial charge in [0, 0.05) is 17.1 Å². The third-order valence-electron chi connectivity index (χ3n) is 3.25. The summed E-state index contributed by atoms with van der Waals surface area (Å²) >= 11 is 9.28. The molecule has 0 radical (unpaired) electrons. The number of halogens is 1. The van der Waals surface area contributed by atoms with Crippen LogP contribution in [0, 0.1) is 0 Å². The number of nitrogens with two attached hydrogens (primary N) is 1. The van der Waals surface area contributed by atoms with Gasteiger partial charge in [-0.2, -0.15) is 0 Å². The molecule has 7 heteroatoms. The van der Waals surface area contributed by atoms with Crippen LogP contribution in [0.1, 0.15) is 23.5 Å². The summed E-state index contributed by atoms with van der Waals surface area (Å²) in [4.78, 5) is 1.17. The monoisotopic (exact) mass is 338 g/mol. The molecule has 0 aliphatic carbocycles. The standard InChI is InChI=1S/C14H15ClN4S2/c1-2-9(16)13(10-6-7-11(15)20-10)21-14-18-17-12-5-3-4-8-19(12)14/h3-9,13H,2,16H2,1H3. The van der Waals surface area contributed by atoms with E-state index in [0.717, 1.165) is 21.6 Å². The van der Waals surface area contributed by atoms with Crippen LogP contribution < -0.4 is 5.73 Å². The Bertz CT molecular complexity index is 739. The van der Waals surface area contributed by atoms with Gasteiger partial charge >= 0.3 is 0 Å². The highest BCUT2D eigenvalue weighted by molar-refractivity contribution is 7.99. The zero-order valence-corrected chi connectivity index (χ0v) is 13.8. The SMILES string of the molecule is CCC(N)C(Sc1nnc2ccccn12)c1ccc(Cl)s1. The van der Waals surface area contributed by atoms with Gasteiger partial charge in [0.05, 0.1) is 9.59 Å². The predicted molar refractivity (Wildman–Crippen MR) is 89.2 cm³/mol. The zero-order chi connectivity index (χ0) is 14.8. The smallest absolute Gasteiger partial charge is 0.196 e. The van der Waals surface area contributed by atoms with Gasteiger partial charge in [-0.3, -0.25) is 4.40 Å². The van der Waals surface area contributed by atoms with Crippen LogP contribution in [0.2, 0.25) is 4.34 Å². The molecule has 3 rings (SSSR count). The first-order valence-corrected chi connectivity index (χ1v) is 8.73. The minimum atomic E-state index is 0.0424. The Balaban J connectivity index is 1.94. The Labute approximate surface area is 136 Å². The van der Waals surface area contributed by atoms with E-state index in [1.54, 1.807) is 23.1 Å². The molecule has 0 saturated heterocycles. The summed E-state index contributed by atoms with van der Waals surface area (Å²) in [7, 11) is 0.